The minimum Gasteiger partial charge on any atom is -0.545 e. The third kappa shape index (κ3) is 20.5. The van der Waals surface area contributed by atoms with Crippen molar-refractivity contribution in [3.8, 4) is 0 Å². The summed E-state index contributed by atoms with van der Waals surface area (Å²) in [7, 11) is 4.87. The Bertz CT molecular complexity index is 505. The smallest absolute Gasteiger partial charge is 0.0782 e. The lowest BCUT2D eigenvalue weighted by atomic mass is 10.1. The number of aromatic carboxylic acids is 1. The van der Waals surface area contributed by atoms with Gasteiger partial charge in [0.25, 0.3) is 0 Å². The highest BCUT2D eigenvalue weighted by Crippen LogP contribution is 2.13. The number of carbonyl (C=O) groups is 1. The van der Waals surface area contributed by atoms with Gasteiger partial charge in [0, 0.05) is 0 Å². The molecule has 0 heterocycles. The second-order valence-electron chi connectivity index (χ2n) is 9.99. The van der Waals surface area contributed by atoms with Crippen molar-refractivity contribution in [1.29, 1.82) is 0 Å². The summed E-state index contributed by atoms with van der Waals surface area (Å²) in [5.41, 5.74) is 0.220. The number of nitrogens with zero attached hydrogens (tertiary/aromatic N) is 1. The van der Waals surface area contributed by atoms with E-state index in [1.165, 1.54) is 132 Å². The van der Waals surface area contributed by atoms with Gasteiger partial charge in [-0.3, -0.25) is 0 Å². The Balaban J connectivity index is 0.000000879. The van der Waals surface area contributed by atoms with Crippen LogP contribution >= 0.6 is 0 Å². The van der Waals surface area contributed by atoms with Crippen LogP contribution in [0.4, 0.5) is 0 Å². The predicted octanol–water partition coefficient (Wildman–Crippen LogP) is 7.39. The Morgan fingerprint density at radius 1 is 0.625 bits per heavy atom. The highest BCUT2D eigenvalue weighted by Gasteiger charge is 2.13. The first-order valence-electron chi connectivity index (χ1n) is 13.5. The molecular weight excluding hydrogens is 394 g/mol. The summed E-state index contributed by atoms with van der Waals surface area (Å²) in [6.45, 7) is 7.36. The molecular formula is C29H53NO2. The fourth-order valence-corrected chi connectivity index (χ4v) is 4.03. The summed E-state index contributed by atoms with van der Waals surface area (Å²) in [4.78, 5) is 10.1. The van der Waals surface area contributed by atoms with Crippen LogP contribution in [0, 0.1) is 0 Å². The van der Waals surface area contributed by atoms with Gasteiger partial charge in [-0.25, -0.2) is 0 Å². The quantitative estimate of drug-likeness (QED) is 0.164. The van der Waals surface area contributed by atoms with E-state index in [0.717, 1.165) is 0 Å². The molecule has 0 amide bonds. The van der Waals surface area contributed by atoms with Crippen molar-refractivity contribution in [3.05, 3.63) is 35.9 Å². The van der Waals surface area contributed by atoms with E-state index in [9.17, 15) is 9.90 Å². The number of carboxylic acid groups (broad SMARTS) is 1. The standard InChI is InChI=1S/C22H48N.C7H6O2/c1-5-7-9-11-13-15-17-19-21-23(3,4)22-20-18-16-14-12-10-8-6-2;8-7(9)6-4-2-1-3-5-6/h5-22H2,1-4H3;1-5H,(H,8,9)/q+1;/p-1. The molecule has 0 bridgehead atoms. The van der Waals surface area contributed by atoms with Crippen molar-refractivity contribution in [2.45, 2.75) is 117 Å². The molecule has 0 unspecified atom stereocenters. The van der Waals surface area contributed by atoms with Gasteiger partial charge in [0.1, 0.15) is 0 Å². The third-order valence-electron chi connectivity index (χ3n) is 6.24. The number of hydrogen-bond donors (Lipinski definition) is 0. The zero-order valence-electron chi connectivity index (χ0n) is 21.9. The molecule has 0 radical (unpaired) electrons. The minimum absolute atomic E-state index is 0.220. The molecule has 1 aromatic carbocycles. The maximum absolute atomic E-state index is 10.1. The molecule has 0 spiro atoms. The van der Waals surface area contributed by atoms with Crippen molar-refractivity contribution in [1.82, 2.24) is 0 Å². The molecule has 3 nitrogen and oxygen atoms in total. The first kappa shape index (κ1) is 30.6. The van der Waals surface area contributed by atoms with Gasteiger partial charge < -0.3 is 14.4 Å². The van der Waals surface area contributed by atoms with Crippen LogP contribution in [0.2, 0.25) is 0 Å². The van der Waals surface area contributed by atoms with E-state index in [1.807, 2.05) is 0 Å². The molecule has 1 aromatic rings. The maximum Gasteiger partial charge on any atom is 0.0782 e. The van der Waals surface area contributed by atoms with E-state index in [4.69, 9.17) is 0 Å². The molecule has 0 aliphatic rings. The fourth-order valence-electron chi connectivity index (χ4n) is 4.03. The van der Waals surface area contributed by atoms with Crippen LogP contribution < -0.4 is 5.11 Å². The Kier molecular flexibility index (Phi) is 20.6. The monoisotopic (exact) mass is 447 g/mol. The van der Waals surface area contributed by atoms with Gasteiger partial charge in [-0.05, 0) is 31.2 Å². The van der Waals surface area contributed by atoms with Gasteiger partial charge in [0.15, 0.2) is 0 Å². The zero-order chi connectivity index (χ0) is 23.9. The first-order valence-corrected chi connectivity index (χ1v) is 13.5. The Morgan fingerprint density at radius 2 is 0.969 bits per heavy atom. The van der Waals surface area contributed by atoms with E-state index >= 15 is 0 Å². The largest absolute Gasteiger partial charge is 0.545 e. The zero-order valence-corrected chi connectivity index (χ0v) is 21.9. The number of hydrogen-bond acceptors (Lipinski definition) is 2. The van der Waals surface area contributed by atoms with Gasteiger partial charge in [-0.15, -0.1) is 0 Å². The van der Waals surface area contributed by atoms with E-state index in [1.54, 1.807) is 18.2 Å². The number of carbonyl (C=O) groups excluding carboxylic acids is 1. The van der Waals surface area contributed by atoms with Crippen molar-refractivity contribution in [2.75, 3.05) is 27.2 Å². The van der Waals surface area contributed by atoms with Crippen molar-refractivity contribution in [3.63, 3.8) is 0 Å². The summed E-state index contributed by atoms with van der Waals surface area (Å²) in [5, 5.41) is 10.1. The van der Waals surface area contributed by atoms with Crippen LogP contribution in [0.15, 0.2) is 30.3 Å². The molecule has 0 saturated heterocycles. The summed E-state index contributed by atoms with van der Waals surface area (Å²) in [6.07, 6.45) is 23.0. The molecule has 0 aliphatic carbocycles. The molecule has 3 heteroatoms. The molecule has 1 rings (SSSR count). The van der Waals surface area contributed by atoms with E-state index in [-0.39, 0.29) is 5.56 Å². The summed E-state index contributed by atoms with van der Waals surface area (Å²) in [6, 6.07) is 8.06. The van der Waals surface area contributed by atoms with Gasteiger partial charge in [0.2, 0.25) is 0 Å². The van der Waals surface area contributed by atoms with Crippen LogP contribution in [0.5, 0.6) is 0 Å². The molecule has 186 valence electrons. The van der Waals surface area contributed by atoms with Crippen LogP contribution in [0.1, 0.15) is 127 Å². The second kappa shape index (κ2) is 21.5. The molecule has 0 aromatic heterocycles. The van der Waals surface area contributed by atoms with Gasteiger partial charge >= 0.3 is 0 Å². The second-order valence-corrected chi connectivity index (χ2v) is 9.99. The van der Waals surface area contributed by atoms with Crippen LogP contribution in [-0.2, 0) is 0 Å². The SMILES string of the molecule is CCCCCCCCCC[N+](C)(C)CCCCCCCCCC.O=C([O-])c1ccccc1. The minimum atomic E-state index is -1.13. The average Bonchev–Trinajstić information content (AvgIpc) is 2.78. The lowest BCUT2D eigenvalue weighted by molar-refractivity contribution is -0.890. The van der Waals surface area contributed by atoms with E-state index in [0.29, 0.717) is 0 Å². The number of carboxylic acids is 1. The molecule has 0 saturated carbocycles. The third-order valence-corrected chi connectivity index (χ3v) is 6.24. The van der Waals surface area contributed by atoms with Crippen LogP contribution in [-0.4, -0.2) is 37.6 Å². The topological polar surface area (TPSA) is 40.1 Å². The average molecular weight is 448 g/mol. The molecule has 0 atom stereocenters. The molecule has 0 aliphatic heterocycles. The number of quaternary nitrogens is 1. The Hall–Kier alpha value is -1.35. The Labute approximate surface area is 200 Å². The van der Waals surface area contributed by atoms with E-state index < -0.39 is 5.97 Å². The first-order chi connectivity index (χ1) is 15.4. The van der Waals surface area contributed by atoms with Gasteiger partial charge in [-0.2, -0.15) is 0 Å². The number of benzene rings is 1. The molecule has 0 N–H and O–H groups in total. The van der Waals surface area contributed by atoms with E-state index in [2.05, 4.69) is 27.9 Å². The van der Waals surface area contributed by atoms with Crippen molar-refractivity contribution in [2.24, 2.45) is 0 Å². The van der Waals surface area contributed by atoms with Gasteiger partial charge in [0.05, 0.1) is 33.2 Å². The maximum atomic E-state index is 10.1. The van der Waals surface area contributed by atoms with Crippen LogP contribution in [0.25, 0.3) is 0 Å². The summed E-state index contributed by atoms with van der Waals surface area (Å²) >= 11 is 0. The highest BCUT2D eigenvalue weighted by atomic mass is 16.4. The summed E-state index contributed by atoms with van der Waals surface area (Å²) < 4.78 is 1.24. The summed E-state index contributed by atoms with van der Waals surface area (Å²) in [5.74, 6) is -1.13. The number of rotatable bonds is 19. The normalized spacial score (nSPS) is 11.1. The lowest BCUT2D eigenvalue weighted by Crippen LogP contribution is -2.41. The fraction of sp³-hybridized carbons (Fsp3) is 0.759. The number of unbranched alkanes of at least 4 members (excludes halogenated alkanes) is 14. The van der Waals surface area contributed by atoms with Gasteiger partial charge in [-0.1, -0.05) is 121 Å². The lowest BCUT2D eigenvalue weighted by Gasteiger charge is -2.30. The van der Waals surface area contributed by atoms with Crippen molar-refractivity contribution >= 4 is 5.97 Å². The molecule has 0 fully saturated rings. The van der Waals surface area contributed by atoms with Crippen molar-refractivity contribution < 1.29 is 14.4 Å². The Morgan fingerprint density at radius 3 is 1.28 bits per heavy atom. The highest BCUT2D eigenvalue weighted by molar-refractivity contribution is 5.85. The predicted molar refractivity (Wildman–Crippen MR) is 138 cm³/mol. The van der Waals surface area contributed by atoms with Crippen LogP contribution in [0.3, 0.4) is 0 Å². The molecule has 32 heavy (non-hydrogen) atoms.